The number of phenols is 1. The van der Waals surface area contributed by atoms with Crippen LogP contribution in [0.25, 0.3) is 11.0 Å². The Morgan fingerprint density at radius 3 is 2.78 bits per heavy atom. The Morgan fingerprint density at radius 1 is 1.35 bits per heavy atom. The van der Waals surface area contributed by atoms with Gasteiger partial charge in [-0.05, 0) is 25.5 Å². The van der Waals surface area contributed by atoms with E-state index < -0.39 is 0 Å². The molecule has 1 aromatic carbocycles. The summed E-state index contributed by atoms with van der Waals surface area (Å²) >= 11 is 0. The van der Waals surface area contributed by atoms with Crippen molar-refractivity contribution in [1.29, 1.82) is 0 Å². The van der Waals surface area contributed by atoms with Crippen LogP contribution in [0, 0.1) is 6.92 Å². The van der Waals surface area contributed by atoms with Crippen molar-refractivity contribution in [2.45, 2.75) is 26.2 Å². The minimum absolute atomic E-state index is 0.0275. The molecule has 0 saturated heterocycles. The third-order valence-electron chi connectivity index (χ3n) is 3.94. The van der Waals surface area contributed by atoms with Gasteiger partial charge in [-0.1, -0.05) is 6.92 Å². The molecule has 0 saturated carbocycles. The van der Waals surface area contributed by atoms with Crippen molar-refractivity contribution in [3.05, 3.63) is 57.8 Å². The normalized spacial score (nSPS) is 12.5. The lowest BCUT2D eigenvalue weighted by Crippen LogP contribution is -2.05. The van der Waals surface area contributed by atoms with Gasteiger partial charge in [-0.15, -0.1) is 0 Å². The van der Waals surface area contributed by atoms with Crippen LogP contribution in [0.4, 0.5) is 0 Å². The van der Waals surface area contributed by atoms with Gasteiger partial charge in [-0.25, -0.2) is 0 Å². The molecule has 1 atom stereocenters. The highest BCUT2D eigenvalue weighted by Crippen LogP contribution is 2.38. The minimum atomic E-state index is -0.268. The van der Waals surface area contributed by atoms with Crippen LogP contribution < -0.4 is 10.2 Å². The predicted molar refractivity (Wildman–Crippen MR) is 86.3 cm³/mol. The zero-order chi connectivity index (χ0) is 16.6. The molecule has 3 rings (SSSR count). The van der Waals surface area contributed by atoms with E-state index >= 15 is 0 Å². The number of fused-ring (bicyclic) bond motifs is 1. The molecule has 0 spiro atoms. The number of aryl methyl sites for hydroxylation is 1. The minimum Gasteiger partial charge on any atom is -0.507 e. The van der Waals surface area contributed by atoms with E-state index in [9.17, 15) is 9.90 Å². The Labute approximate surface area is 133 Å². The Morgan fingerprint density at radius 2 is 2.13 bits per heavy atom. The summed E-state index contributed by atoms with van der Waals surface area (Å²) < 4.78 is 16.3. The van der Waals surface area contributed by atoms with Gasteiger partial charge in [0.1, 0.15) is 34.0 Å². The Bertz CT molecular complexity index is 890. The zero-order valence-corrected chi connectivity index (χ0v) is 13.3. The molecule has 2 aromatic heterocycles. The lowest BCUT2D eigenvalue weighted by Gasteiger charge is -2.15. The van der Waals surface area contributed by atoms with Crippen LogP contribution in [-0.4, -0.2) is 12.2 Å². The average molecular weight is 314 g/mol. The van der Waals surface area contributed by atoms with Crippen LogP contribution >= 0.6 is 0 Å². The van der Waals surface area contributed by atoms with Gasteiger partial charge in [-0.2, -0.15) is 0 Å². The summed E-state index contributed by atoms with van der Waals surface area (Å²) in [5.74, 6) is 1.72. The van der Waals surface area contributed by atoms with Gasteiger partial charge < -0.3 is 18.7 Å². The molecule has 0 radical (unpaired) electrons. The van der Waals surface area contributed by atoms with Crippen LogP contribution in [0.1, 0.15) is 29.9 Å². The van der Waals surface area contributed by atoms with Crippen molar-refractivity contribution in [2.75, 3.05) is 7.11 Å². The Kier molecular flexibility index (Phi) is 3.86. The van der Waals surface area contributed by atoms with Gasteiger partial charge in [0.15, 0.2) is 5.43 Å². The average Bonchev–Trinajstić information content (AvgIpc) is 3.03. The van der Waals surface area contributed by atoms with E-state index in [1.165, 1.54) is 13.2 Å². The topological polar surface area (TPSA) is 72.8 Å². The monoisotopic (exact) mass is 314 g/mol. The molecule has 0 fully saturated rings. The van der Waals surface area contributed by atoms with E-state index in [-0.39, 0.29) is 22.5 Å². The second-order valence-electron chi connectivity index (χ2n) is 5.62. The Balaban J connectivity index is 2.15. The smallest absolute Gasteiger partial charge is 0.196 e. The molecule has 2 heterocycles. The van der Waals surface area contributed by atoms with Crippen LogP contribution in [0.2, 0.25) is 0 Å². The number of aromatic hydroxyl groups is 1. The van der Waals surface area contributed by atoms with Gasteiger partial charge >= 0.3 is 0 Å². The highest BCUT2D eigenvalue weighted by Gasteiger charge is 2.21. The molecular weight excluding hydrogens is 296 g/mol. The summed E-state index contributed by atoms with van der Waals surface area (Å²) in [7, 11) is 1.52. The molecule has 0 bridgehead atoms. The third-order valence-corrected chi connectivity index (χ3v) is 3.94. The quantitative estimate of drug-likeness (QED) is 0.794. The molecule has 0 aliphatic rings. The van der Waals surface area contributed by atoms with Crippen LogP contribution in [0.3, 0.4) is 0 Å². The lowest BCUT2D eigenvalue weighted by molar-refractivity contribution is 0.394. The molecule has 5 nitrogen and oxygen atoms in total. The first kappa shape index (κ1) is 15.2. The summed E-state index contributed by atoms with van der Waals surface area (Å²) in [6.07, 6.45) is 2.09. The van der Waals surface area contributed by atoms with E-state index in [4.69, 9.17) is 13.6 Å². The number of ether oxygens (including phenoxy) is 1. The second kappa shape index (κ2) is 5.83. The Hall–Kier alpha value is -2.69. The lowest BCUT2D eigenvalue weighted by atomic mass is 9.96. The van der Waals surface area contributed by atoms with Gasteiger partial charge in [-0.3, -0.25) is 4.79 Å². The van der Waals surface area contributed by atoms with Gasteiger partial charge in [0.2, 0.25) is 0 Å². The third kappa shape index (κ3) is 2.70. The van der Waals surface area contributed by atoms with Crippen molar-refractivity contribution in [1.82, 2.24) is 0 Å². The highest BCUT2D eigenvalue weighted by atomic mass is 16.5. The fourth-order valence-corrected chi connectivity index (χ4v) is 2.80. The molecule has 120 valence electrons. The van der Waals surface area contributed by atoms with E-state index in [0.29, 0.717) is 29.1 Å². The fourth-order valence-electron chi connectivity index (χ4n) is 2.80. The number of hydrogen-bond donors (Lipinski definition) is 1. The molecule has 0 amide bonds. The molecule has 1 N–H and O–H groups in total. The maximum atomic E-state index is 12.2. The van der Waals surface area contributed by atoms with Crippen molar-refractivity contribution in [2.24, 2.45) is 0 Å². The summed E-state index contributed by atoms with van der Waals surface area (Å²) in [6.45, 7) is 3.68. The summed E-state index contributed by atoms with van der Waals surface area (Å²) in [5.41, 5.74) is 0.620. The summed E-state index contributed by atoms with van der Waals surface area (Å²) in [6, 6.07) is 6.72. The first-order chi connectivity index (χ1) is 11.0. The molecule has 3 aromatic rings. The van der Waals surface area contributed by atoms with Crippen LogP contribution in [0.15, 0.2) is 44.2 Å². The molecule has 1 unspecified atom stereocenters. The second-order valence-corrected chi connectivity index (χ2v) is 5.62. The van der Waals surface area contributed by atoms with Crippen molar-refractivity contribution in [3.63, 3.8) is 0 Å². The maximum Gasteiger partial charge on any atom is 0.196 e. The highest BCUT2D eigenvalue weighted by molar-refractivity contribution is 5.86. The number of benzene rings is 1. The number of hydrogen-bond acceptors (Lipinski definition) is 5. The predicted octanol–water partition coefficient (Wildman–Crippen LogP) is 3.75. The van der Waals surface area contributed by atoms with Gasteiger partial charge in [0.25, 0.3) is 0 Å². The van der Waals surface area contributed by atoms with Crippen molar-refractivity contribution < 1.29 is 18.7 Å². The van der Waals surface area contributed by atoms with Crippen molar-refractivity contribution in [3.8, 4) is 11.5 Å². The fraction of sp³-hybridized carbons (Fsp3) is 0.278. The van der Waals surface area contributed by atoms with E-state index in [1.807, 2.05) is 19.1 Å². The van der Waals surface area contributed by atoms with E-state index in [2.05, 4.69) is 0 Å². The largest absolute Gasteiger partial charge is 0.507 e. The SMILES string of the molecule is COc1cc2oc(C)cc(=O)c2c(O)c1CC(C)c1ccco1. The standard InChI is InChI=1S/C18H18O5/c1-10(14-5-4-6-22-14)7-12-15(21-3)9-16-17(18(12)20)13(19)8-11(2)23-16/h4-6,8-10,20H,7H2,1-3H3. The van der Waals surface area contributed by atoms with E-state index in [1.54, 1.807) is 19.3 Å². The summed E-state index contributed by atoms with van der Waals surface area (Å²) in [5, 5.41) is 10.8. The number of rotatable bonds is 4. The van der Waals surface area contributed by atoms with Crippen LogP contribution in [0.5, 0.6) is 11.5 Å². The number of methoxy groups -OCH3 is 1. The van der Waals surface area contributed by atoms with Gasteiger partial charge in [0, 0.05) is 23.6 Å². The first-order valence-electron chi connectivity index (χ1n) is 7.38. The van der Waals surface area contributed by atoms with E-state index in [0.717, 1.165) is 5.76 Å². The number of phenolic OH excluding ortho intramolecular Hbond substituents is 1. The molecule has 0 aliphatic heterocycles. The molecule has 23 heavy (non-hydrogen) atoms. The first-order valence-corrected chi connectivity index (χ1v) is 7.38. The molecule has 0 aliphatic carbocycles. The maximum absolute atomic E-state index is 12.2. The molecular formula is C18H18O5. The van der Waals surface area contributed by atoms with Gasteiger partial charge in [0.05, 0.1) is 13.4 Å². The molecule has 5 heteroatoms. The summed E-state index contributed by atoms with van der Waals surface area (Å²) in [4.78, 5) is 12.2. The van der Waals surface area contributed by atoms with Crippen molar-refractivity contribution >= 4 is 11.0 Å². The van der Waals surface area contributed by atoms with Crippen LogP contribution in [-0.2, 0) is 6.42 Å². The zero-order valence-electron chi connectivity index (χ0n) is 13.3. The number of furan rings is 1.